The summed E-state index contributed by atoms with van der Waals surface area (Å²) in [6.07, 6.45) is 3.87. The third-order valence-corrected chi connectivity index (χ3v) is 5.47. The van der Waals surface area contributed by atoms with Crippen LogP contribution in [0.5, 0.6) is 0 Å². The number of nitrogens with zero attached hydrogens (tertiary/aromatic N) is 1. The number of nitrogens with two attached hydrogens (primary N) is 1. The summed E-state index contributed by atoms with van der Waals surface area (Å²) < 4.78 is 5.37. The maximum atomic E-state index is 13.0. The monoisotopic (exact) mass is 454 g/mol. The van der Waals surface area contributed by atoms with Crippen molar-refractivity contribution in [2.75, 3.05) is 6.54 Å². The molecule has 0 saturated heterocycles. The average Bonchev–Trinajstić information content (AvgIpc) is 2.90. The summed E-state index contributed by atoms with van der Waals surface area (Å²) in [6, 6.07) is 24.3. The van der Waals surface area contributed by atoms with Crippen LogP contribution in [-0.2, 0) is 22.6 Å². The molecule has 5 heteroatoms. The highest BCUT2D eigenvalue weighted by atomic mass is 16.5. The highest BCUT2D eigenvalue weighted by Crippen LogP contribution is 2.21. The van der Waals surface area contributed by atoms with Crippen molar-refractivity contribution in [1.82, 2.24) is 4.98 Å². The van der Waals surface area contributed by atoms with Crippen LogP contribution in [0.2, 0.25) is 0 Å². The number of ketones is 1. The molecule has 4 aromatic rings. The molecule has 0 aliphatic carbocycles. The van der Waals surface area contributed by atoms with Gasteiger partial charge in [0.05, 0.1) is 11.5 Å². The van der Waals surface area contributed by atoms with E-state index < -0.39 is 0 Å². The van der Waals surface area contributed by atoms with E-state index in [0.29, 0.717) is 12.0 Å². The molecule has 0 spiro atoms. The maximum Gasteiger partial charge on any atom is 0.338 e. The molecule has 0 bridgehead atoms. The summed E-state index contributed by atoms with van der Waals surface area (Å²) in [5.74, 6) is -0.677. The number of esters is 1. The second-order valence-electron chi connectivity index (χ2n) is 7.67. The van der Waals surface area contributed by atoms with Gasteiger partial charge in [0, 0.05) is 30.7 Å². The smallest absolute Gasteiger partial charge is 0.338 e. The first-order valence-electron chi connectivity index (χ1n) is 11.5. The minimum atomic E-state index is -0.385. The van der Waals surface area contributed by atoms with Gasteiger partial charge in [-0.2, -0.15) is 0 Å². The summed E-state index contributed by atoms with van der Waals surface area (Å²) in [4.78, 5) is 29.2. The molecule has 0 saturated carbocycles. The summed E-state index contributed by atoms with van der Waals surface area (Å²) in [7, 11) is 0. The Bertz CT molecular complexity index is 1220. The van der Waals surface area contributed by atoms with Crippen molar-refractivity contribution in [3.8, 4) is 0 Å². The summed E-state index contributed by atoms with van der Waals surface area (Å²) in [5.41, 5.74) is 9.14. The third kappa shape index (κ3) is 6.36. The van der Waals surface area contributed by atoms with Crippen LogP contribution in [0.25, 0.3) is 10.8 Å². The number of aromatic nitrogens is 1. The van der Waals surface area contributed by atoms with E-state index >= 15 is 0 Å². The van der Waals surface area contributed by atoms with E-state index in [1.54, 1.807) is 30.5 Å². The van der Waals surface area contributed by atoms with E-state index in [1.165, 1.54) is 0 Å². The number of ether oxygens (including phenoxy) is 1. The number of hydrogen-bond acceptors (Lipinski definition) is 5. The molecular formula is C29H30N2O3. The molecule has 0 fully saturated rings. The van der Waals surface area contributed by atoms with E-state index in [9.17, 15) is 9.59 Å². The van der Waals surface area contributed by atoms with Crippen LogP contribution in [0.1, 0.15) is 46.8 Å². The Kier molecular flexibility index (Phi) is 9.06. The van der Waals surface area contributed by atoms with Crippen LogP contribution in [0.15, 0.2) is 91.3 Å². The lowest BCUT2D eigenvalue weighted by molar-refractivity contribution is -0.119. The van der Waals surface area contributed by atoms with E-state index in [1.807, 2.05) is 74.6 Å². The molecule has 3 aromatic carbocycles. The molecule has 1 atom stereocenters. The van der Waals surface area contributed by atoms with Crippen LogP contribution in [0.3, 0.4) is 0 Å². The topological polar surface area (TPSA) is 82.3 Å². The van der Waals surface area contributed by atoms with E-state index in [-0.39, 0.29) is 30.8 Å². The van der Waals surface area contributed by atoms with Crippen molar-refractivity contribution >= 4 is 22.5 Å². The van der Waals surface area contributed by atoms with Crippen molar-refractivity contribution in [2.24, 2.45) is 5.73 Å². The zero-order chi connectivity index (χ0) is 24.3. The zero-order valence-corrected chi connectivity index (χ0v) is 19.6. The van der Waals surface area contributed by atoms with Crippen molar-refractivity contribution in [1.29, 1.82) is 0 Å². The number of carbonyl (C=O) groups is 2. The number of hydrogen-bond donors (Lipinski definition) is 1. The standard InChI is InChI=1S/C27H24N2O3.C2H6/c28-16-25(26(30)15-20-8-11-24-17-29-13-12-23(24)14-20)21-9-6-19(7-10-21)18-32-27(31)22-4-2-1-3-5-22;1-2/h1-14,17,25H,15-16,18,28H2;1-2H3. The second-order valence-corrected chi connectivity index (χ2v) is 7.67. The van der Waals surface area contributed by atoms with Crippen molar-refractivity contribution in [3.05, 3.63) is 114 Å². The van der Waals surface area contributed by atoms with Crippen molar-refractivity contribution in [2.45, 2.75) is 32.8 Å². The SMILES string of the molecule is CC.NCC(C(=O)Cc1ccc2cnccc2c1)c1ccc(COC(=O)c2ccccc2)cc1. The molecule has 1 heterocycles. The van der Waals surface area contributed by atoms with Gasteiger partial charge in [0.2, 0.25) is 0 Å². The van der Waals surface area contributed by atoms with Crippen molar-refractivity contribution < 1.29 is 14.3 Å². The highest BCUT2D eigenvalue weighted by molar-refractivity contribution is 5.90. The minimum Gasteiger partial charge on any atom is -0.457 e. The normalized spacial score (nSPS) is 11.3. The number of rotatable bonds is 8. The molecule has 1 aromatic heterocycles. The Morgan fingerprint density at radius 2 is 1.59 bits per heavy atom. The Morgan fingerprint density at radius 3 is 2.29 bits per heavy atom. The quantitative estimate of drug-likeness (QED) is 0.357. The molecule has 0 aliphatic rings. The minimum absolute atomic E-state index is 0.0733. The van der Waals surface area contributed by atoms with Gasteiger partial charge >= 0.3 is 5.97 Å². The molecule has 1 unspecified atom stereocenters. The lowest BCUT2D eigenvalue weighted by Crippen LogP contribution is -2.23. The van der Waals surface area contributed by atoms with Crippen LogP contribution < -0.4 is 5.73 Å². The van der Waals surface area contributed by atoms with Crippen LogP contribution >= 0.6 is 0 Å². The number of carbonyl (C=O) groups excluding carboxylic acids is 2. The number of Topliss-reactive ketones (excluding diaryl/α,β-unsaturated/α-hetero) is 1. The third-order valence-electron chi connectivity index (χ3n) is 5.47. The lowest BCUT2D eigenvalue weighted by Gasteiger charge is -2.15. The second kappa shape index (κ2) is 12.4. The Hall–Kier alpha value is -3.83. The predicted molar refractivity (Wildman–Crippen MR) is 136 cm³/mol. The highest BCUT2D eigenvalue weighted by Gasteiger charge is 2.19. The molecule has 5 nitrogen and oxygen atoms in total. The lowest BCUT2D eigenvalue weighted by atomic mass is 9.90. The van der Waals surface area contributed by atoms with Gasteiger partial charge in [-0.15, -0.1) is 0 Å². The first-order valence-corrected chi connectivity index (χ1v) is 11.5. The van der Waals surface area contributed by atoms with E-state index in [4.69, 9.17) is 10.5 Å². The van der Waals surface area contributed by atoms with Crippen LogP contribution in [0.4, 0.5) is 0 Å². The predicted octanol–water partition coefficient (Wildman–Crippen LogP) is 5.47. The van der Waals surface area contributed by atoms with Gasteiger partial charge in [0.15, 0.2) is 0 Å². The fraction of sp³-hybridized carbons (Fsp3) is 0.207. The van der Waals surface area contributed by atoms with E-state index in [2.05, 4.69) is 4.98 Å². The molecule has 4 rings (SSSR count). The van der Waals surface area contributed by atoms with E-state index in [0.717, 1.165) is 27.5 Å². The van der Waals surface area contributed by atoms with Gasteiger partial charge in [-0.3, -0.25) is 9.78 Å². The molecule has 0 radical (unpaired) electrons. The van der Waals surface area contributed by atoms with Gasteiger partial charge in [-0.05, 0) is 40.3 Å². The summed E-state index contributed by atoms with van der Waals surface area (Å²) >= 11 is 0. The average molecular weight is 455 g/mol. The maximum absolute atomic E-state index is 13.0. The van der Waals surface area contributed by atoms with Gasteiger partial charge in [-0.1, -0.05) is 74.5 Å². The molecule has 2 N–H and O–H groups in total. The first kappa shape index (κ1) is 24.8. The number of benzene rings is 3. The zero-order valence-electron chi connectivity index (χ0n) is 19.6. The molecule has 174 valence electrons. The molecule has 0 aliphatic heterocycles. The summed E-state index contributed by atoms with van der Waals surface area (Å²) in [5, 5.41) is 2.10. The fourth-order valence-corrected chi connectivity index (χ4v) is 3.67. The number of fused-ring (bicyclic) bond motifs is 1. The molecular weight excluding hydrogens is 424 g/mol. The van der Waals surface area contributed by atoms with Crippen molar-refractivity contribution in [3.63, 3.8) is 0 Å². The van der Waals surface area contributed by atoms with Gasteiger partial charge in [0.1, 0.15) is 12.4 Å². The Morgan fingerprint density at radius 1 is 0.882 bits per heavy atom. The largest absolute Gasteiger partial charge is 0.457 e. The van der Waals surface area contributed by atoms with Crippen LogP contribution in [-0.4, -0.2) is 23.3 Å². The molecule has 0 amide bonds. The van der Waals surface area contributed by atoms with Gasteiger partial charge < -0.3 is 10.5 Å². The fourth-order valence-electron chi connectivity index (χ4n) is 3.67. The Labute approximate surface area is 200 Å². The number of pyridine rings is 1. The summed E-state index contributed by atoms with van der Waals surface area (Å²) in [6.45, 7) is 4.40. The molecule has 34 heavy (non-hydrogen) atoms. The van der Waals surface area contributed by atoms with Crippen LogP contribution in [0, 0.1) is 0 Å². The Balaban J connectivity index is 0.00000158. The van der Waals surface area contributed by atoms with Gasteiger partial charge in [0.25, 0.3) is 0 Å². The first-order chi connectivity index (χ1) is 16.6. The van der Waals surface area contributed by atoms with Gasteiger partial charge in [-0.25, -0.2) is 4.79 Å².